The zero-order valence-corrected chi connectivity index (χ0v) is 13.9. The van der Waals surface area contributed by atoms with Gasteiger partial charge >= 0.3 is 0 Å². The fraction of sp³-hybridized carbons (Fsp3) is 1.00. The molecule has 0 unspecified atom stereocenters. The normalized spacial score (nSPS) is 14.4. The third kappa shape index (κ3) is 14.3. The number of hydrogen-bond acceptors (Lipinski definition) is 2. The van der Waals surface area contributed by atoms with E-state index in [1.807, 2.05) is 0 Å². The highest BCUT2D eigenvalue weighted by molar-refractivity contribution is 4.61. The smallest absolute Gasteiger partial charge is 0.0796 e. The number of unbranched alkanes of at least 4 members (excludes halogenated alkanes) is 12. The Morgan fingerprint density at radius 1 is 0.600 bits per heavy atom. The molecule has 0 aromatic rings. The van der Waals surface area contributed by atoms with Gasteiger partial charge in [-0.1, -0.05) is 90.4 Å². The summed E-state index contributed by atoms with van der Waals surface area (Å²) in [5.41, 5.74) is 0. The van der Waals surface area contributed by atoms with Gasteiger partial charge in [0, 0.05) is 0 Å². The lowest BCUT2D eigenvalue weighted by Gasteiger charge is -2.12. The van der Waals surface area contributed by atoms with E-state index < -0.39 is 12.2 Å². The summed E-state index contributed by atoms with van der Waals surface area (Å²) in [5.74, 6) is 0. The number of aliphatic hydroxyl groups is 2. The Morgan fingerprint density at radius 3 is 1.30 bits per heavy atom. The van der Waals surface area contributed by atoms with Gasteiger partial charge in [-0.25, -0.2) is 0 Å². The second-order valence-electron chi connectivity index (χ2n) is 6.34. The third-order valence-corrected chi connectivity index (χ3v) is 4.16. The van der Waals surface area contributed by atoms with E-state index in [1.54, 1.807) is 6.92 Å². The van der Waals surface area contributed by atoms with E-state index in [1.165, 1.54) is 77.0 Å². The number of aliphatic hydroxyl groups excluding tert-OH is 2. The highest BCUT2D eigenvalue weighted by Crippen LogP contribution is 2.13. The summed E-state index contributed by atoms with van der Waals surface area (Å²) in [7, 11) is 0. The van der Waals surface area contributed by atoms with Gasteiger partial charge in [0.05, 0.1) is 12.2 Å². The second kappa shape index (κ2) is 15.3. The van der Waals surface area contributed by atoms with E-state index >= 15 is 0 Å². The van der Waals surface area contributed by atoms with Crippen LogP contribution in [0.25, 0.3) is 0 Å². The first-order valence-corrected chi connectivity index (χ1v) is 9.04. The van der Waals surface area contributed by atoms with Crippen LogP contribution in [0.3, 0.4) is 0 Å². The summed E-state index contributed by atoms with van der Waals surface area (Å²) in [6.07, 6.45) is 17.1. The molecule has 0 heterocycles. The molecule has 0 aliphatic heterocycles. The molecule has 0 radical (unpaired) electrons. The van der Waals surface area contributed by atoms with Crippen LogP contribution in [0.15, 0.2) is 0 Å². The van der Waals surface area contributed by atoms with Gasteiger partial charge in [-0.05, 0) is 13.3 Å². The minimum absolute atomic E-state index is 0.525. The molecule has 0 aliphatic carbocycles. The maximum Gasteiger partial charge on any atom is 0.0796 e. The average Bonchev–Trinajstić information content (AvgIpc) is 2.43. The van der Waals surface area contributed by atoms with Gasteiger partial charge < -0.3 is 10.2 Å². The van der Waals surface area contributed by atoms with Crippen molar-refractivity contribution in [1.82, 2.24) is 0 Å². The molecule has 2 heteroatoms. The van der Waals surface area contributed by atoms with Crippen LogP contribution in [0.4, 0.5) is 0 Å². The number of rotatable bonds is 15. The molecule has 0 bridgehead atoms. The Labute approximate surface area is 127 Å². The molecule has 0 fully saturated rings. The Kier molecular flexibility index (Phi) is 15.3. The maximum absolute atomic E-state index is 9.45. The molecule has 0 saturated carbocycles. The zero-order chi connectivity index (χ0) is 15.1. The van der Waals surface area contributed by atoms with Gasteiger partial charge in [0.25, 0.3) is 0 Å². The third-order valence-electron chi connectivity index (χ3n) is 4.16. The van der Waals surface area contributed by atoms with E-state index in [0.717, 1.165) is 12.8 Å². The molecule has 20 heavy (non-hydrogen) atoms. The molecule has 0 spiro atoms. The van der Waals surface area contributed by atoms with Gasteiger partial charge in [0.15, 0.2) is 0 Å². The van der Waals surface area contributed by atoms with Gasteiger partial charge in [-0.3, -0.25) is 0 Å². The number of hydrogen-bond donors (Lipinski definition) is 2. The molecule has 2 N–H and O–H groups in total. The lowest BCUT2D eigenvalue weighted by atomic mass is 10.0. The summed E-state index contributed by atoms with van der Waals surface area (Å²) in [5, 5.41) is 18.6. The molecule has 0 saturated heterocycles. The topological polar surface area (TPSA) is 40.5 Å². The average molecular weight is 286 g/mol. The van der Waals surface area contributed by atoms with Crippen LogP contribution in [0, 0.1) is 0 Å². The standard InChI is InChI=1S/C18H38O2/c1-3-4-5-6-7-8-9-10-11-12-13-14-15-16-18(20)17(2)19/h17-20H,3-16H2,1-2H3/t17-,18-/m1/s1. The molecule has 0 rings (SSSR count). The Balaban J connectivity index is 3.03. The van der Waals surface area contributed by atoms with Crippen LogP contribution in [-0.2, 0) is 0 Å². The Hall–Kier alpha value is -0.0800. The van der Waals surface area contributed by atoms with E-state index in [2.05, 4.69) is 6.92 Å². The van der Waals surface area contributed by atoms with Gasteiger partial charge in [-0.15, -0.1) is 0 Å². The fourth-order valence-electron chi connectivity index (χ4n) is 2.61. The fourth-order valence-corrected chi connectivity index (χ4v) is 2.61. The molecular weight excluding hydrogens is 248 g/mol. The van der Waals surface area contributed by atoms with Crippen molar-refractivity contribution in [3.05, 3.63) is 0 Å². The summed E-state index contributed by atoms with van der Waals surface area (Å²) in [6, 6.07) is 0. The van der Waals surface area contributed by atoms with Crippen molar-refractivity contribution >= 4 is 0 Å². The molecular formula is C18H38O2. The van der Waals surface area contributed by atoms with Crippen LogP contribution in [-0.4, -0.2) is 22.4 Å². The minimum Gasteiger partial charge on any atom is -0.391 e. The van der Waals surface area contributed by atoms with E-state index in [-0.39, 0.29) is 0 Å². The molecule has 0 aromatic heterocycles. The summed E-state index contributed by atoms with van der Waals surface area (Å²) in [4.78, 5) is 0. The van der Waals surface area contributed by atoms with E-state index in [9.17, 15) is 5.11 Å². The lowest BCUT2D eigenvalue weighted by molar-refractivity contribution is 0.0247. The van der Waals surface area contributed by atoms with Crippen molar-refractivity contribution in [2.75, 3.05) is 0 Å². The van der Waals surface area contributed by atoms with Crippen LogP contribution in [0.2, 0.25) is 0 Å². The van der Waals surface area contributed by atoms with Crippen molar-refractivity contribution in [3.8, 4) is 0 Å². The molecule has 0 aliphatic rings. The minimum atomic E-state index is -0.577. The molecule has 0 aromatic carbocycles. The summed E-state index contributed by atoms with van der Waals surface area (Å²) >= 11 is 0. The first-order valence-electron chi connectivity index (χ1n) is 9.04. The van der Waals surface area contributed by atoms with Crippen molar-refractivity contribution in [2.24, 2.45) is 0 Å². The van der Waals surface area contributed by atoms with E-state index in [0.29, 0.717) is 0 Å². The Bertz CT molecular complexity index is 180. The Morgan fingerprint density at radius 2 is 0.950 bits per heavy atom. The van der Waals surface area contributed by atoms with Gasteiger partial charge in [-0.2, -0.15) is 0 Å². The van der Waals surface area contributed by atoms with Gasteiger partial charge in [0.1, 0.15) is 0 Å². The van der Waals surface area contributed by atoms with Crippen molar-refractivity contribution in [1.29, 1.82) is 0 Å². The quantitative estimate of drug-likeness (QED) is 0.406. The second-order valence-corrected chi connectivity index (χ2v) is 6.34. The monoisotopic (exact) mass is 286 g/mol. The van der Waals surface area contributed by atoms with Crippen LogP contribution in [0.5, 0.6) is 0 Å². The predicted molar refractivity (Wildman–Crippen MR) is 88.0 cm³/mol. The van der Waals surface area contributed by atoms with Crippen LogP contribution >= 0.6 is 0 Å². The first kappa shape index (κ1) is 19.9. The van der Waals surface area contributed by atoms with E-state index in [4.69, 9.17) is 5.11 Å². The zero-order valence-electron chi connectivity index (χ0n) is 13.9. The summed E-state index contributed by atoms with van der Waals surface area (Å²) < 4.78 is 0. The first-order chi connectivity index (χ1) is 9.68. The molecule has 122 valence electrons. The van der Waals surface area contributed by atoms with Crippen molar-refractivity contribution in [3.63, 3.8) is 0 Å². The molecule has 2 atom stereocenters. The maximum atomic E-state index is 9.45. The van der Waals surface area contributed by atoms with Crippen LogP contribution in [0.1, 0.15) is 104 Å². The van der Waals surface area contributed by atoms with Crippen LogP contribution < -0.4 is 0 Å². The molecule has 2 nitrogen and oxygen atoms in total. The SMILES string of the molecule is CCCCCCCCCCCCCCC[C@@H](O)[C@@H](C)O. The summed E-state index contributed by atoms with van der Waals surface area (Å²) in [6.45, 7) is 3.93. The largest absolute Gasteiger partial charge is 0.391 e. The van der Waals surface area contributed by atoms with Crippen molar-refractivity contribution < 1.29 is 10.2 Å². The predicted octanol–water partition coefficient (Wildman–Crippen LogP) is 5.21. The lowest BCUT2D eigenvalue weighted by Crippen LogP contribution is -2.21. The highest BCUT2D eigenvalue weighted by atomic mass is 16.3. The molecule has 0 amide bonds. The highest BCUT2D eigenvalue weighted by Gasteiger charge is 2.09. The van der Waals surface area contributed by atoms with Gasteiger partial charge in [0.2, 0.25) is 0 Å². The van der Waals surface area contributed by atoms with Crippen molar-refractivity contribution in [2.45, 2.75) is 116 Å².